The number of aliphatic hydroxyl groups is 2. The number of halogens is 2. The van der Waals surface area contributed by atoms with E-state index in [0.29, 0.717) is 0 Å². The highest BCUT2D eigenvalue weighted by molar-refractivity contribution is 9.09. The van der Waals surface area contributed by atoms with Crippen LogP contribution in [0.25, 0.3) is 0 Å². The number of carboxylic acid groups (broad SMARTS) is 1. The molecule has 0 radical (unpaired) electrons. The minimum atomic E-state index is -1.46. The van der Waals surface area contributed by atoms with E-state index in [9.17, 15) is 19.4 Å². The summed E-state index contributed by atoms with van der Waals surface area (Å²) in [5.74, 6) is -1.97. The van der Waals surface area contributed by atoms with E-state index in [-0.39, 0.29) is 16.5 Å². The van der Waals surface area contributed by atoms with Gasteiger partial charge in [0.15, 0.2) is 0 Å². The monoisotopic (exact) mass is 292 g/mol. The predicted molar refractivity (Wildman–Crippen MR) is 58.1 cm³/mol. The van der Waals surface area contributed by atoms with Crippen molar-refractivity contribution in [2.75, 3.05) is 5.33 Å². The fourth-order valence-corrected chi connectivity index (χ4v) is 1.55. The maximum atomic E-state index is 13.3. The van der Waals surface area contributed by atoms with E-state index < -0.39 is 24.0 Å². The standard InChI is InChI=1S/C10H10BrFO4/c11-4-8(13)9(14)6-3-5(10(15)16)1-2-7(6)12/h1-3,8-9,13-14H,4H2,(H,15,16). The average molecular weight is 293 g/mol. The van der Waals surface area contributed by atoms with Crippen molar-refractivity contribution in [3.05, 3.63) is 35.1 Å². The van der Waals surface area contributed by atoms with Crippen LogP contribution in [0.15, 0.2) is 18.2 Å². The Kier molecular flexibility index (Phi) is 4.40. The van der Waals surface area contributed by atoms with Crippen LogP contribution >= 0.6 is 15.9 Å². The normalized spacial score (nSPS) is 14.5. The largest absolute Gasteiger partial charge is 0.478 e. The Balaban J connectivity index is 3.11. The second kappa shape index (κ2) is 5.38. The number of aromatic carboxylic acids is 1. The third-order valence-corrected chi connectivity index (χ3v) is 2.75. The molecule has 2 atom stereocenters. The van der Waals surface area contributed by atoms with E-state index in [0.717, 1.165) is 18.2 Å². The predicted octanol–water partition coefficient (Wildman–Crippen LogP) is 1.31. The zero-order valence-corrected chi connectivity index (χ0v) is 9.69. The molecule has 88 valence electrons. The van der Waals surface area contributed by atoms with Gasteiger partial charge in [0.25, 0.3) is 0 Å². The number of carboxylic acids is 1. The zero-order valence-electron chi connectivity index (χ0n) is 8.10. The van der Waals surface area contributed by atoms with E-state index in [1.807, 2.05) is 0 Å². The minimum absolute atomic E-state index is 0.0604. The number of hydrogen-bond donors (Lipinski definition) is 3. The van der Waals surface area contributed by atoms with Crippen LogP contribution in [-0.4, -0.2) is 32.7 Å². The lowest BCUT2D eigenvalue weighted by Crippen LogP contribution is -2.21. The molecule has 0 bridgehead atoms. The summed E-state index contributed by atoms with van der Waals surface area (Å²) in [7, 11) is 0. The van der Waals surface area contributed by atoms with Crippen LogP contribution in [0.2, 0.25) is 0 Å². The van der Waals surface area contributed by atoms with Crippen molar-refractivity contribution in [1.82, 2.24) is 0 Å². The highest BCUT2D eigenvalue weighted by atomic mass is 79.9. The molecule has 0 aromatic heterocycles. The molecule has 0 aliphatic carbocycles. The molecule has 0 fully saturated rings. The van der Waals surface area contributed by atoms with Crippen LogP contribution in [0, 0.1) is 5.82 Å². The molecule has 16 heavy (non-hydrogen) atoms. The van der Waals surface area contributed by atoms with Crippen molar-refractivity contribution in [2.24, 2.45) is 0 Å². The molecule has 0 aliphatic heterocycles. The Labute approximate surface area is 99.5 Å². The summed E-state index contributed by atoms with van der Waals surface area (Å²) in [6.45, 7) is 0. The van der Waals surface area contributed by atoms with Gasteiger partial charge in [0.1, 0.15) is 11.9 Å². The molecule has 0 amide bonds. The van der Waals surface area contributed by atoms with Gasteiger partial charge in [0, 0.05) is 10.9 Å². The minimum Gasteiger partial charge on any atom is -0.478 e. The number of carbonyl (C=O) groups is 1. The molecule has 0 saturated heterocycles. The maximum Gasteiger partial charge on any atom is 0.335 e. The molecule has 1 aromatic carbocycles. The van der Waals surface area contributed by atoms with E-state index in [1.165, 1.54) is 0 Å². The Morgan fingerprint density at radius 3 is 2.56 bits per heavy atom. The molecular formula is C10H10BrFO4. The summed E-state index contributed by atoms with van der Waals surface area (Å²) in [5.41, 5.74) is -0.371. The Morgan fingerprint density at radius 1 is 1.44 bits per heavy atom. The third-order valence-electron chi connectivity index (χ3n) is 2.08. The SMILES string of the molecule is O=C(O)c1ccc(F)c(C(O)C(O)CBr)c1. The first-order valence-corrected chi connectivity index (χ1v) is 5.54. The maximum absolute atomic E-state index is 13.3. The van der Waals surface area contributed by atoms with E-state index in [1.54, 1.807) is 0 Å². The summed E-state index contributed by atoms with van der Waals surface area (Å²) in [5, 5.41) is 27.6. The number of aliphatic hydroxyl groups excluding tert-OH is 2. The van der Waals surface area contributed by atoms with Crippen molar-refractivity contribution < 1.29 is 24.5 Å². The summed E-state index contributed by atoms with van der Waals surface area (Å²) in [4.78, 5) is 10.7. The van der Waals surface area contributed by atoms with Gasteiger partial charge in [0.05, 0.1) is 11.7 Å². The Bertz CT molecular complexity index is 396. The van der Waals surface area contributed by atoms with E-state index in [2.05, 4.69) is 15.9 Å². The van der Waals surface area contributed by atoms with Gasteiger partial charge in [-0.2, -0.15) is 0 Å². The van der Waals surface area contributed by atoms with Crippen LogP contribution in [0.5, 0.6) is 0 Å². The van der Waals surface area contributed by atoms with Crippen molar-refractivity contribution >= 4 is 21.9 Å². The van der Waals surface area contributed by atoms with Gasteiger partial charge in [-0.25, -0.2) is 9.18 Å². The van der Waals surface area contributed by atoms with Crippen molar-refractivity contribution in [1.29, 1.82) is 0 Å². The first-order chi connectivity index (χ1) is 7.47. The zero-order chi connectivity index (χ0) is 12.3. The molecule has 4 nitrogen and oxygen atoms in total. The summed E-state index contributed by atoms with van der Waals surface area (Å²) < 4.78 is 13.3. The lowest BCUT2D eigenvalue weighted by Gasteiger charge is -2.16. The molecule has 1 rings (SSSR count). The Morgan fingerprint density at radius 2 is 2.06 bits per heavy atom. The van der Waals surface area contributed by atoms with Crippen molar-refractivity contribution in [3.8, 4) is 0 Å². The number of hydrogen-bond acceptors (Lipinski definition) is 3. The molecule has 0 heterocycles. The van der Waals surface area contributed by atoms with Gasteiger partial charge in [-0.3, -0.25) is 0 Å². The first-order valence-electron chi connectivity index (χ1n) is 4.42. The van der Waals surface area contributed by atoms with Crippen molar-refractivity contribution in [2.45, 2.75) is 12.2 Å². The highest BCUT2D eigenvalue weighted by Gasteiger charge is 2.21. The molecule has 3 N–H and O–H groups in total. The topological polar surface area (TPSA) is 77.8 Å². The van der Waals surface area contributed by atoms with Gasteiger partial charge in [-0.05, 0) is 18.2 Å². The smallest absolute Gasteiger partial charge is 0.335 e. The quantitative estimate of drug-likeness (QED) is 0.732. The summed E-state index contributed by atoms with van der Waals surface area (Å²) >= 11 is 2.94. The Hall–Kier alpha value is -0.980. The van der Waals surface area contributed by atoms with Gasteiger partial charge in [-0.1, -0.05) is 15.9 Å². The van der Waals surface area contributed by atoms with Gasteiger partial charge >= 0.3 is 5.97 Å². The van der Waals surface area contributed by atoms with Crippen LogP contribution < -0.4 is 0 Å². The lowest BCUT2D eigenvalue weighted by atomic mass is 10.0. The second-order valence-electron chi connectivity index (χ2n) is 3.21. The molecule has 2 unspecified atom stereocenters. The molecule has 0 saturated carbocycles. The summed E-state index contributed by atoms with van der Waals surface area (Å²) in [6.07, 6.45) is -2.66. The highest BCUT2D eigenvalue weighted by Crippen LogP contribution is 2.22. The number of rotatable bonds is 4. The van der Waals surface area contributed by atoms with Crippen molar-refractivity contribution in [3.63, 3.8) is 0 Å². The molecule has 0 spiro atoms. The average Bonchev–Trinajstić information content (AvgIpc) is 2.27. The number of benzene rings is 1. The fourth-order valence-electron chi connectivity index (χ4n) is 1.20. The molecular weight excluding hydrogens is 283 g/mol. The van der Waals surface area contributed by atoms with Crippen LogP contribution in [0.1, 0.15) is 22.0 Å². The molecule has 6 heteroatoms. The number of alkyl halides is 1. The van der Waals surface area contributed by atoms with E-state index >= 15 is 0 Å². The molecule has 1 aromatic rings. The van der Waals surface area contributed by atoms with Gasteiger partial charge in [0.2, 0.25) is 0 Å². The van der Waals surface area contributed by atoms with Gasteiger partial charge in [-0.15, -0.1) is 0 Å². The van der Waals surface area contributed by atoms with Crippen LogP contribution in [-0.2, 0) is 0 Å². The van der Waals surface area contributed by atoms with Crippen LogP contribution in [0.3, 0.4) is 0 Å². The second-order valence-corrected chi connectivity index (χ2v) is 3.86. The third kappa shape index (κ3) is 2.78. The first kappa shape index (κ1) is 13.1. The van der Waals surface area contributed by atoms with E-state index in [4.69, 9.17) is 5.11 Å². The lowest BCUT2D eigenvalue weighted by molar-refractivity contribution is 0.0319. The fraction of sp³-hybridized carbons (Fsp3) is 0.300. The van der Waals surface area contributed by atoms with Gasteiger partial charge < -0.3 is 15.3 Å². The van der Waals surface area contributed by atoms with Crippen LogP contribution in [0.4, 0.5) is 4.39 Å². The molecule has 0 aliphatic rings. The summed E-state index contributed by atoms with van der Waals surface area (Å²) in [6, 6.07) is 3.05.